The quantitative estimate of drug-likeness (QED) is 0.782. The lowest BCUT2D eigenvalue weighted by Gasteiger charge is -2.23. The molecular weight excluding hydrogens is 340 g/mol. The molecule has 1 N–H and O–H groups in total. The van der Waals surface area contributed by atoms with Crippen LogP contribution >= 0.6 is 0 Å². The highest BCUT2D eigenvalue weighted by atomic mass is 16.5. The van der Waals surface area contributed by atoms with Crippen molar-refractivity contribution >= 4 is 23.5 Å². The van der Waals surface area contributed by atoms with Crippen LogP contribution in [0.5, 0.6) is 11.5 Å². The molecule has 1 fully saturated rings. The molecule has 2 rings (SSSR count). The van der Waals surface area contributed by atoms with Crippen molar-refractivity contribution < 1.29 is 29.0 Å². The van der Waals surface area contributed by atoms with Crippen LogP contribution in [0.2, 0.25) is 0 Å². The van der Waals surface area contributed by atoms with E-state index < -0.39 is 17.8 Å². The minimum Gasteiger partial charge on any atom is -0.497 e. The average molecular weight is 364 g/mol. The third-order valence-corrected chi connectivity index (χ3v) is 4.47. The van der Waals surface area contributed by atoms with Gasteiger partial charge >= 0.3 is 5.97 Å². The summed E-state index contributed by atoms with van der Waals surface area (Å²) in [4.78, 5) is 38.9. The van der Waals surface area contributed by atoms with Crippen LogP contribution in [-0.4, -0.2) is 62.1 Å². The predicted molar refractivity (Wildman–Crippen MR) is 94.4 cm³/mol. The van der Waals surface area contributed by atoms with E-state index in [0.717, 1.165) is 0 Å². The van der Waals surface area contributed by atoms with Crippen LogP contribution in [0.25, 0.3) is 0 Å². The Morgan fingerprint density at radius 3 is 2.35 bits per heavy atom. The lowest BCUT2D eigenvalue weighted by molar-refractivity contribution is -0.143. The van der Waals surface area contributed by atoms with E-state index in [4.69, 9.17) is 14.6 Å². The standard InChI is InChI=1S/C18H24N2O6/c1-11(18(23)24)9-19(2)17(22)12-5-16(21)20(10-12)13-6-14(25-3)8-15(7-13)26-4/h6-8,11-12H,5,9-10H2,1-4H3,(H,23,24). The number of rotatable bonds is 7. The molecule has 0 spiro atoms. The molecule has 2 unspecified atom stereocenters. The van der Waals surface area contributed by atoms with Gasteiger partial charge in [-0.3, -0.25) is 14.4 Å². The summed E-state index contributed by atoms with van der Waals surface area (Å²) in [5.74, 6) is -1.44. The summed E-state index contributed by atoms with van der Waals surface area (Å²) in [5, 5.41) is 8.99. The van der Waals surface area contributed by atoms with E-state index in [1.165, 1.54) is 24.0 Å². The maximum Gasteiger partial charge on any atom is 0.308 e. The fourth-order valence-corrected chi connectivity index (χ4v) is 2.96. The summed E-state index contributed by atoms with van der Waals surface area (Å²) in [6.45, 7) is 1.88. The summed E-state index contributed by atoms with van der Waals surface area (Å²) in [5.41, 5.74) is 0.600. The van der Waals surface area contributed by atoms with Crippen LogP contribution in [-0.2, 0) is 14.4 Å². The maximum atomic E-state index is 12.6. The number of carboxylic acid groups (broad SMARTS) is 1. The number of ether oxygens (including phenoxy) is 2. The summed E-state index contributed by atoms with van der Waals surface area (Å²) >= 11 is 0. The SMILES string of the molecule is COc1cc(OC)cc(N2CC(C(=O)N(C)CC(C)C(=O)O)CC2=O)c1. The van der Waals surface area contributed by atoms with E-state index in [2.05, 4.69) is 0 Å². The Morgan fingerprint density at radius 2 is 1.85 bits per heavy atom. The first kappa shape index (κ1) is 19.6. The van der Waals surface area contributed by atoms with Gasteiger partial charge in [-0.15, -0.1) is 0 Å². The van der Waals surface area contributed by atoms with Gasteiger partial charge in [0.25, 0.3) is 0 Å². The van der Waals surface area contributed by atoms with Crippen LogP contribution in [0.4, 0.5) is 5.69 Å². The first-order valence-corrected chi connectivity index (χ1v) is 8.28. The van der Waals surface area contributed by atoms with Crippen molar-refractivity contribution in [3.8, 4) is 11.5 Å². The first-order chi connectivity index (χ1) is 12.3. The molecule has 1 aromatic carbocycles. The van der Waals surface area contributed by atoms with Crippen LogP contribution in [0.3, 0.4) is 0 Å². The smallest absolute Gasteiger partial charge is 0.308 e. The van der Waals surface area contributed by atoms with Crippen molar-refractivity contribution in [2.75, 3.05) is 39.3 Å². The van der Waals surface area contributed by atoms with Gasteiger partial charge in [-0.05, 0) is 0 Å². The minimum absolute atomic E-state index is 0.0875. The maximum absolute atomic E-state index is 12.6. The number of aliphatic carboxylic acids is 1. The van der Waals surface area contributed by atoms with Crippen LogP contribution in [0, 0.1) is 11.8 Å². The van der Waals surface area contributed by atoms with Crippen molar-refractivity contribution in [2.24, 2.45) is 11.8 Å². The van der Waals surface area contributed by atoms with Gasteiger partial charge in [0.2, 0.25) is 11.8 Å². The lowest BCUT2D eigenvalue weighted by atomic mass is 10.1. The molecule has 2 atom stereocenters. The molecule has 0 radical (unpaired) electrons. The molecule has 1 heterocycles. The third-order valence-electron chi connectivity index (χ3n) is 4.47. The molecule has 1 saturated heterocycles. The van der Waals surface area contributed by atoms with E-state index in [1.807, 2.05) is 0 Å². The normalized spacial score (nSPS) is 17.8. The molecule has 26 heavy (non-hydrogen) atoms. The third kappa shape index (κ3) is 4.25. The van der Waals surface area contributed by atoms with Gasteiger partial charge in [0, 0.05) is 44.8 Å². The van der Waals surface area contributed by atoms with E-state index in [0.29, 0.717) is 17.2 Å². The number of methoxy groups -OCH3 is 2. The highest BCUT2D eigenvalue weighted by molar-refractivity contribution is 6.00. The Hall–Kier alpha value is -2.77. The van der Waals surface area contributed by atoms with Crippen molar-refractivity contribution in [1.29, 1.82) is 0 Å². The molecule has 1 aliphatic rings. The Kier molecular flexibility index (Phi) is 6.07. The first-order valence-electron chi connectivity index (χ1n) is 8.28. The van der Waals surface area contributed by atoms with Crippen LogP contribution in [0.1, 0.15) is 13.3 Å². The largest absolute Gasteiger partial charge is 0.497 e. The van der Waals surface area contributed by atoms with Gasteiger partial charge < -0.3 is 24.4 Å². The second kappa shape index (κ2) is 8.07. The minimum atomic E-state index is -0.961. The number of carbonyl (C=O) groups excluding carboxylic acids is 2. The zero-order chi connectivity index (χ0) is 19.4. The van der Waals surface area contributed by atoms with Crippen LogP contribution < -0.4 is 14.4 Å². The van der Waals surface area contributed by atoms with E-state index in [1.54, 1.807) is 32.2 Å². The topological polar surface area (TPSA) is 96.4 Å². The molecule has 0 bridgehead atoms. The Bertz CT molecular complexity index is 683. The number of amides is 2. The molecule has 8 heteroatoms. The molecule has 0 aliphatic carbocycles. The second-order valence-corrected chi connectivity index (χ2v) is 6.43. The zero-order valence-electron chi connectivity index (χ0n) is 15.4. The number of anilines is 1. The predicted octanol–water partition coefficient (Wildman–Crippen LogP) is 1.24. The average Bonchev–Trinajstić information content (AvgIpc) is 3.01. The van der Waals surface area contributed by atoms with Crippen molar-refractivity contribution in [3.05, 3.63) is 18.2 Å². The Balaban J connectivity index is 2.13. The zero-order valence-corrected chi connectivity index (χ0v) is 15.4. The Morgan fingerprint density at radius 1 is 1.27 bits per heavy atom. The fraction of sp³-hybridized carbons (Fsp3) is 0.500. The molecule has 1 aromatic rings. The summed E-state index contributed by atoms with van der Waals surface area (Å²) in [7, 11) is 4.61. The van der Waals surface area contributed by atoms with Gasteiger partial charge in [-0.2, -0.15) is 0 Å². The molecular formula is C18H24N2O6. The second-order valence-electron chi connectivity index (χ2n) is 6.43. The van der Waals surface area contributed by atoms with Gasteiger partial charge in [-0.25, -0.2) is 0 Å². The van der Waals surface area contributed by atoms with Gasteiger partial charge in [-0.1, -0.05) is 6.92 Å². The van der Waals surface area contributed by atoms with Gasteiger partial charge in [0.05, 0.1) is 31.7 Å². The number of benzene rings is 1. The van der Waals surface area contributed by atoms with Crippen molar-refractivity contribution in [3.63, 3.8) is 0 Å². The Labute approximate surface area is 152 Å². The molecule has 8 nitrogen and oxygen atoms in total. The van der Waals surface area contributed by atoms with Gasteiger partial charge in [0.15, 0.2) is 0 Å². The highest BCUT2D eigenvalue weighted by Gasteiger charge is 2.37. The monoisotopic (exact) mass is 364 g/mol. The molecule has 0 saturated carbocycles. The number of carboxylic acids is 1. The number of hydrogen-bond acceptors (Lipinski definition) is 5. The summed E-state index contributed by atoms with van der Waals surface area (Å²) in [6, 6.07) is 5.13. The molecule has 142 valence electrons. The summed E-state index contributed by atoms with van der Waals surface area (Å²) in [6.07, 6.45) is 0.0875. The molecule has 1 aliphatic heterocycles. The van der Waals surface area contributed by atoms with Gasteiger partial charge in [0.1, 0.15) is 11.5 Å². The molecule has 0 aromatic heterocycles. The number of nitrogens with zero attached hydrogens (tertiary/aromatic N) is 2. The van der Waals surface area contributed by atoms with E-state index in [9.17, 15) is 14.4 Å². The fourth-order valence-electron chi connectivity index (χ4n) is 2.96. The summed E-state index contributed by atoms with van der Waals surface area (Å²) < 4.78 is 10.4. The van der Waals surface area contributed by atoms with E-state index in [-0.39, 0.29) is 31.3 Å². The number of hydrogen-bond donors (Lipinski definition) is 1. The van der Waals surface area contributed by atoms with Crippen LogP contribution in [0.15, 0.2) is 18.2 Å². The number of carbonyl (C=O) groups is 3. The molecule has 2 amide bonds. The lowest BCUT2D eigenvalue weighted by Crippen LogP contribution is -2.38. The van der Waals surface area contributed by atoms with Crippen molar-refractivity contribution in [1.82, 2.24) is 4.90 Å². The highest BCUT2D eigenvalue weighted by Crippen LogP contribution is 2.32. The van der Waals surface area contributed by atoms with E-state index >= 15 is 0 Å². The van der Waals surface area contributed by atoms with Crippen molar-refractivity contribution in [2.45, 2.75) is 13.3 Å².